The maximum absolute atomic E-state index is 14.7. The van der Waals surface area contributed by atoms with Gasteiger partial charge in [0.1, 0.15) is 11.9 Å². The Balaban J connectivity index is 1.27. The van der Waals surface area contributed by atoms with Crippen LogP contribution in [0.4, 0.5) is 20.6 Å². The molecule has 7 nitrogen and oxygen atoms in total. The molecular formula is C22H24FN3O4S2. The zero-order valence-electron chi connectivity index (χ0n) is 17.4. The lowest BCUT2D eigenvalue weighted by molar-refractivity contribution is -0.121. The molecule has 0 aliphatic carbocycles. The van der Waals surface area contributed by atoms with Gasteiger partial charge in [0.05, 0.1) is 29.3 Å². The fraction of sp³-hybridized carbons (Fsp3) is 0.409. The molecule has 2 amide bonds. The number of cyclic esters (lactones) is 1. The number of ketones is 1. The Morgan fingerprint density at radius 3 is 2.72 bits per heavy atom. The number of rotatable bonds is 8. The van der Waals surface area contributed by atoms with Crippen molar-refractivity contribution in [2.45, 2.75) is 18.9 Å². The minimum Gasteiger partial charge on any atom is -0.442 e. The van der Waals surface area contributed by atoms with E-state index in [-0.39, 0.29) is 43.4 Å². The molecular weight excluding hydrogens is 453 g/mol. The number of thiophene rings is 1. The normalized spacial score (nSPS) is 18.5. The fourth-order valence-corrected chi connectivity index (χ4v) is 5.26. The second kappa shape index (κ2) is 10.4. The number of hydrogen-bond donors (Lipinski definition) is 1. The largest absolute Gasteiger partial charge is 0.442 e. The molecule has 10 heteroatoms. The molecule has 2 fully saturated rings. The Hall–Kier alpha value is -2.59. The molecule has 2 aliphatic rings. The van der Waals surface area contributed by atoms with Crippen LogP contribution < -0.4 is 15.1 Å². The Morgan fingerprint density at radius 2 is 2.00 bits per heavy atom. The molecule has 0 spiro atoms. The third kappa shape index (κ3) is 5.42. The number of amides is 2. The Bertz CT molecular complexity index is 980. The van der Waals surface area contributed by atoms with E-state index in [9.17, 15) is 18.8 Å². The first-order chi connectivity index (χ1) is 15.5. The molecule has 32 heavy (non-hydrogen) atoms. The molecule has 1 aromatic carbocycles. The van der Waals surface area contributed by atoms with Crippen LogP contribution >= 0.6 is 23.1 Å². The average molecular weight is 478 g/mol. The first-order valence-corrected chi connectivity index (χ1v) is 12.5. The maximum atomic E-state index is 14.7. The number of carbonyl (C=O) groups is 3. The summed E-state index contributed by atoms with van der Waals surface area (Å²) in [6.45, 7) is 1.95. The van der Waals surface area contributed by atoms with Crippen LogP contribution in [0.25, 0.3) is 0 Å². The van der Waals surface area contributed by atoms with E-state index in [4.69, 9.17) is 4.74 Å². The molecule has 1 atom stereocenters. The molecule has 2 saturated heterocycles. The van der Waals surface area contributed by atoms with E-state index in [1.807, 2.05) is 22.0 Å². The minimum absolute atomic E-state index is 0.0672. The van der Waals surface area contributed by atoms with Crippen molar-refractivity contribution in [3.8, 4) is 0 Å². The Morgan fingerprint density at radius 1 is 1.19 bits per heavy atom. The lowest BCUT2D eigenvalue weighted by Crippen LogP contribution is -2.35. The number of nitrogens with zero attached hydrogens (tertiary/aromatic N) is 2. The first kappa shape index (κ1) is 22.6. The molecule has 1 aromatic heterocycles. The lowest BCUT2D eigenvalue weighted by Gasteiger charge is -2.29. The van der Waals surface area contributed by atoms with Gasteiger partial charge in [0, 0.05) is 37.4 Å². The zero-order chi connectivity index (χ0) is 22.5. The highest BCUT2D eigenvalue weighted by Gasteiger charge is 2.33. The molecule has 0 radical (unpaired) electrons. The van der Waals surface area contributed by atoms with Crippen molar-refractivity contribution in [3.05, 3.63) is 46.4 Å². The van der Waals surface area contributed by atoms with Gasteiger partial charge in [-0.2, -0.15) is 11.8 Å². The number of carbonyl (C=O) groups excluding carboxylic acids is 3. The maximum Gasteiger partial charge on any atom is 0.414 e. The fourth-order valence-electron chi connectivity index (χ4n) is 3.67. The van der Waals surface area contributed by atoms with Gasteiger partial charge in [-0.05, 0) is 29.6 Å². The summed E-state index contributed by atoms with van der Waals surface area (Å²) in [5, 5.41) is 4.53. The van der Waals surface area contributed by atoms with Crippen LogP contribution in [0.3, 0.4) is 0 Å². The summed E-state index contributed by atoms with van der Waals surface area (Å²) in [4.78, 5) is 40.4. The second-order valence-corrected chi connectivity index (χ2v) is 9.73. The molecule has 0 bridgehead atoms. The van der Waals surface area contributed by atoms with Crippen molar-refractivity contribution in [1.82, 2.24) is 5.32 Å². The SMILES string of the molecule is O=C(CCC(=O)c1cccs1)NCC1CN(c2ccc(N3CCSCC3)c(F)c2)C(=O)O1. The smallest absolute Gasteiger partial charge is 0.414 e. The standard InChI is InChI=1S/C22H24FN3O4S2/c23-17-12-15(3-4-18(17)25-7-10-31-11-8-25)26-14-16(30-22(26)29)13-24-21(28)6-5-19(27)20-2-1-9-32-20/h1-4,9,12,16H,5-8,10-11,13-14H2,(H,24,28). The van der Waals surface area contributed by atoms with Crippen molar-refractivity contribution in [1.29, 1.82) is 0 Å². The molecule has 2 aromatic rings. The van der Waals surface area contributed by atoms with Crippen molar-refractivity contribution >= 4 is 52.3 Å². The number of anilines is 2. The summed E-state index contributed by atoms with van der Waals surface area (Å²) in [6, 6.07) is 8.31. The first-order valence-electron chi connectivity index (χ1n) is 10.4. The molecule has 3 heterocycles. The molecule has 1 unspecified atom stereocenters. The highest BCUT2D eigenvalue weighted by Crippen LogP contribution is 2.29. The highest BCUT2D eigenvalue weighted by atomic mass is 32.2. The highest BCUT2D eigenvalue weighted by molar-refractivity contribution is 7.99. The molecule has 1 N–H and O–H groups in total. The van der Waals surface area contributed by atoms with E-state index >= 15 is 0 Å². The predicted octanol–water partition coefficient (Wildman–Crippen LogP) is 3.54. The quantitative estimate of drug-likeness (QED) is 0.586. The number of thioether (sulfide) groups is 1. The summed E-state index contributed by atoms with van der Waals surface area (Å²) in [6.07, 6.45) is -0.910. The number of hydrogen-bond acceptors (Lipinski definition) is 7. The topological polar surface area (TPSA) is 79.0 Å². The van der Waals surface area contributed by atoms with Gasteiger partial charge in [-0.1, -0.05) is 6.07 Å². The molecule has 0 saturated carbocycles. The number of Topliss-reactive ketones (excluding diaryl/α,β-unsaturated/α-hetero) is 1. The van der Waals surface area contributed by atoms with Crippen LogP contribution in [-0.2, 0) is 9.53 Å². The Labute approximate surface area is 193 Å². The van der Waals surface area contributed by atoms with Crippen LogP contribution in [-0.4, -0.2) is 61.6 Å². The summed E-state index contributed by atoms with van der Waals surface area (Å²) in [5.74, 6) is 1.22. The molecule has 2 aliphatic heterocycles. The summed E-state index contributed by atoms with van der Waals surface area (Å²) >= 11 is 3.20. The van der Waals surface area contributed by atoms with Crippen LogP contribution in [0.1, 0.15) is 22.5 Å². The van der Waals surface area contributed by atoms with Crippen molar-refractivity contribution in [2.75, 3.05) is 47.5 Å². The van der Waals surface area contributed by atoms with E-state index in [0.29, 0.717) is 16.3 Å². The summed E-state index contributed by atoms with van der Waals surface area (Å²) in [5.41, 5.74) is 0.973. The van der Waals surface area contributed by atoms with Gasteiger partial charge in [-0.3, -0.25) is 14.5 Å². The van der Waals surface area contributed by atoms with Gasteiger partial charge in [-0.25, -0.2) is 9.18 Å². The Kier molecular flexibility index (Phi) is 7.31. The number of halogens is 1. The number of ether oxygens (including phenoxy) is 1. The van der Waals surface area contributed by atoms with E-state index in [0.717, 1.165) is 24.6 Å². The van der Waals surface area contributed by atoms with E-state index in [1.165, 1.54) is 22.3 Å². The minimum atomic E-state index is -0.571. The zero-order valence-corrected chi connectivity index (χ0v) is 19.1. The van der Waals surface area contributed by atoms with Crippen LogP contribution in [0, 0.1) is 5.82 Å². The van der Waals surface area contributed by atoms with E-state index in [2.05, 4.69) is 5.32 Å². The average Bonchev–Trinajstić information content (AvgIpc) is 3.46. The van der Waals surface area contributed by atoms with Crippen LogP contribution in [0.2, 0.25) is 0 Å². The van der Waals surface area contributed by atoms with Crippen LogP contribution in [0.15, 0.2) is 35.7 Å². The van der Waals surface area contributed by atoms with Gasteiger partial charge in [0.15, 0.2) is 5.78 Å². The number of nitrogens with one attached hydrogen (secondary N) is 1. The second-order valence-electron chi connectivity index (χ2n) is 7.56. The van der Waals surface area contributed by atoms with Gasteiger partial charge < -0.3 is 15.0 Å². The van der Waals surface area contributed by atoms with Crippen molar-refractivity contribution < 1.29 is 23.5 Å². The van der Waals surface area contributed by atoms with Gasteiger partial charge >= 0.3 is 6.09 Å². The van der Waals surface area contributed by atoms with Gasteiger partial charge in [0.25, 0.3) is 0 Å². The van der Waals surface area contributed by atoms with Crippen LogP contribution in [0.5, 0.6) is 0 Å². The number of benzene rings is 1. The summed E-state index contributed by atoms with van der Waals surface area (Å²) < 4.78 is 20.0. The van der Waals surface area contributed by atoms with Crippen molar-refractivity contribution in [3.63, 3.8) is 0 Å². The van der Waals surface area contributed by atoms with E-state index in [1.54, 1.807) is 24.3 Å². The van der Waals surface area contributed by atoms with E-state index < -0.39 is 12.2 Å². The van der Waals surface area contributed by atoms with Gasteiger partial charge in [0.2, 0.25) is 5.91 Å². The van der Waals surface area contributed by atoms with Gasteiger partial charge in [-0.15, -0.1) is 11.3 Å². The molecule has 170 valence electrons. The predicted molar refractivity (Wildman–Crippen MR) is 124 cm³/mol. The molecule has 4 rings (SSSR count). The third-order valence-electron chi connectivity index (χ3n) is 5.37. The van der Waals surface area contributed by atoms with Crippen molar-refractivity contribution in [2.24, 2.45) is 0 Å². The monoisotopic (exact) mass is 477 g/mol. The third-order valence-corrected chi connectivity index (χ3v) is 7.22. The summed E-state index contributed by atoms with van der Waals surface area (Å²) in [7, 11) is 0. The lowest BCUT2D eigenvalue weighted by atomic mass is 10.2.